The number of thioether (sulfide) groups is 1. The molecule has 1 aliphatic heterocycles. The first kappa shape index (κ1) is 9.33. The second-order valence-electron chi connectivity index (χ2n) is 3.21. The van der Waals surface area contributed by atoms with E-state index in [4.69, 9.17) is 0 Å². The fourth-order valence-electron chi connectivity index (χ4n) is 1.43. The van der Waals surface area contributed by atoms with E-state index in [0.29, 0.717) is 6.42 Å². The highest BCUT2D eigenvalue weighted by molar-refractivity contribution is 7.99. The maximum Gasteiger partial charge on any atom is 0.0977 e. The van der Waals surface area contributed by atoms with Gasteiger partial charge in [0.05, 0.1) is 12.3 Å². The molecule has 3 unspecified atom stereocenters. The van der Waals surface area contributed by atoms with E-state index in [-0.39, 0.29) is 12.0 Å². The number of rotatable bonds is 2. The van der Waals surface area contributed by atoms with Crippen LogP contribution in [-0.4, -0.2) is 28.9 Å². The summed E-state index contributed by atoms with van der Waals surface area (Å²) in [7, 11) is 0. The molecule has 1 fully saturated rings. The molecule has 1 heterocycles. The van der Waals surface area contributed by atoms with Gasteiger partial charge in [0.25, 0.3) is 0 Å². The van der Waals surface area contributed by atoms with Gasteiger partial charge in [0, 0.05) is 0 Å². The zero-order chi connectivity index (χ0) is 8.27. The van der Waals surface area contributed by atoms with Crippen LogP contribution < -0.4 is 0 Å². The molecule has 0 aromatic heterocycles. The number of alkyl halides is 1. The van der Waals surface area contributed by atoms with Gasteiger partial charge in [0.15, 0.2) is 0 Å². The molecule has 1 rings (SSSR count). The van der Waals surface area contributed by atoms with Crippen molar-refractivity contribution in [2.75, 3.05) is 11.5 Å². The van der Waals surface area contributed by atoms with Crippen LogP contribution in [0, 0.1) is 5.92 Å². The summed E-state index contributed by atoms with van der Waals surface area (Å²) in [5.41, 5.74) is 0. The van der Waals surface area contributed by atoms with Gasteiger partial charge in [0.1, 0.15) is 0 Å². The summed E-state index contributed by atoms with van der Waals surface area (Å²) < 4.78 is 12.5. The predicted molar refractivity (Wildman–Crippen MR) is 46.6 cm³/mol. The molecule has 11 heavy (non-hydrogen) atoms. The fraction of sp³-hybridized carbons (Fsp3) is 1.00. The zero-order valence-electron chi connectivity index (χ0n) is 6.79. The highest BCUT2D eigenvalue weighted by atomic mass is 32.2. The van der Waals surface area contributed by atoms with Crippen molar-refractivity contribution in [1.82, 2.24) is 0 Å². The second kappa shape index (κ2) is 4.31. The summed E-state index contributed by atoms with van der Waals surface area (Å²) in [5, 5.41) is 9.44. The Kier molecular flexibility index (Phi) is 3.66. The van der Waals surface area contributed by atoms with Crippen LogP contribution >= 0.6 is 11.8 Å². The van der Waals surface area contributed by atoms with Crippen molar-refractivity contribution in [2.45, 2.75) is 32.0 Å². The Hall–Kier alpha value is 0.240. The molecule has 1 nitrogen and oxygen atoms in total. The van der Waals surface area contributed by atoms with Crippen molar-refractivity contribution in [3.63, 3.8) is 0 Å². The first-order valence-corrected chi connectivity index (χ1v) is 5.25. The van der Waals surface area contributed by atoms with E-state index in [1.54, 1.807) is 6.92 Å². The molecule has 1 N–H and O–H groups in total. The minimum absolute atomic E-state index is 0.189. The molecular weight excluding hydrogens is 163 g/mol. The topological polar surface area (TPSA) is 20.2 Å². The molecule has 1 saturated heterocycles. The lowest BCUT2D eigenvalue weighted by Gasteiger charge is -2.27. The molecule has 0 aromatic rings. The van der Waals surface area contributed by atoms with Crippen LogP contribution in [0.3, 0.4) is 0 Å². The van der Waals surface area contributed by atoms with Crippen LogP contribution in [0.5, 0.6) is 0 Å². The Labute approximate surface area is 71.4 Å². The van der Waals surface area contributed by atoms with Gasteiger partial charge in [-0.25, -0.2) is 4.39 Å². The van der Waals surface area contributed by atoms with Crippen LogP contribution in [0.4, 0.5) is 4.39 Å². The molecule has 0 saturated carbocycles. The summed E-state index contributed by atoms with van der Waals surface area (Å²) in [6.07, 6.45) is 0.332. The maximum atomic E-state index is 12.5. The minimum Gasteiger partial charge on any atom is -0.393 e. The third kappa shape index (κ3) is 2.99. The van der Waals surface area contributed by atoms with Gasteiger partial charge in [-0.2, -0.15) is 11.8 Å². The number of hydrogen-bond donors (Lipinski definition) is 1. The van der Waals surface area contributed by atoms with Crippen LogP contribution in [0.2, 0.25) is 0 Å². The van der Waals surface area contributed by atoms with Crippen molar-refractivity contribution in [2.24, 2.45) is 5.92 Å². The average Bonchev–Trinajstić information content (AvgIpc) is 1.93. The van der Waals surface area contributed by atoms with E-state index < -0.39 is 6.17 Å². The lowest BCUT2D eigenvalue weighted by Crippen LogP contribution is -2.29. The van der Waals surface area contributed by atoms with Crippen molar-refractivity contribution in [3.8, 4) is 0 Å². The summed E-state index contributed by atoms with van der Waals surface area (Å²) in [5.74, 6) is 2.14. The molecule has 0 spiro atoms. The van der Waals surface area contributed by atoms with E-state index >= 15 is 0 Å². The number of hydrogen-bond acceptors (Lipinski definition) is 2. The smallest absolute Gasteiger partial charge is 0.0977 e. The molecule has 3 atom stereocenters. The fourth-order valence-corrected chi connectivity index (χ4v) is 2.66. The van der Waals surface area contributed by atoms with Gasteiger partial charge >= 0.3 is 0 Å². The van der Waals surface area contributed by atoms with Gasteiger partial charge in [-0.3, -0.25) is 0 Å². The van der Waals surface area contributed by atoms with Crippen LogP contribution in [0.1, 0.15) is 19.8 Å². The average molecular weight is 178 g/mol. The molecule has 0 radical (unpaired) electrons. The van der Waals surface area contributed by atoms with E-state index in [2.05, 4.69) is 0 Å². The standard InChI is InChI=1S/C8H15FOS/c1-6(9)4-7-5-11-3-2-8(7)10/h6-8,10H,2-5H2,1H3. The summed E-state index contributed by atoms with van der Waals surface area (Å²) in [6.45, 7) is 1.56. The Morgan fingerprint density at radius 3 is 3.00 bits per heavy atom. The number of halogens is 1. The Bertz CT molecular complexity index is 119. The van der Waals surface area contributed by atoms with Gasteiger partial charge < -0.3 is 5.11 Å². The maximum absolute atomic E-state index is 12.5. The quantitative estimate of drug-likeness (QED) is 0.696. The van der Waals surface area contributed by atoms with Gasteiger partial charge in [-0.1, -0.05) is 0 Å². The second-order valence-corrected chi connectivity index (χ2v) is 4.36. The molecule has 0 bridgehead atoms. The van der Waals surface area contributed by atoms with Crippen LogP contribution in [0.25, 0.3) is 0 Å². The van der Waals surface area contributed by atoms with Crippen LogP contribution in [-0.2, 0) is 0 Å². The van der Waals surface area contributed by atoms with E-state index in [1.165, 1.54) is 0 Å². The first-order chi connectivity index (χ1) is 5.20. The molecule has 66 valence electrons. The lowest BCUT2D eigenvalue weighted by molar-refractivity contribution is 0.0935. The van der Waals surface area contributed by atoms with Crippen molar-refractivity contribution < 1.29 is 9.50 Å². The third-order valence-electron chi connectivity index (χ3n) is 2.06. The number of aliphatic hydroxyl groups excluding tert-OH is 1. The van der Waals surface area contributed by atoms with Gasteiger partial charge in [-0.05, 0) is 37.2 Å². The third-order valence-corrected chi connectivity index (χ3v) is 3.25. The summed E-state index contributed by atoms with van der Waals surface area (Å²) in [6, 6.07) is 0. The zero-order valence-corrected chi connectivity index (χ0v) is 7.61. The van der Waals surface area contributed by atoms with E-state index in [0.717, 1.165) is 17.9 Å². The molecule has 0 aliphatic carbocycles. The number of aliphatic hydroxyl groups is 1. The Balaban J connectivity index is 2.29. The first-order valence-electron chi connectivity index (χ1n) is 4.10. The molecular formula is C8H15FOS. The lowest BCUT2D eigenvalue weighted by atomic mass is 9.96. The van der Waals surface area contributed by atoms with Crippen molar-refractivity contribution >= 4 is 11.8 Å². The predicted octanol–water partition coefficient (Wildman–Crippen LogP) is 1.85. The normalized spacial score (nSPS) is 35.2. The molecule has 1 aliphatic rings. The molecule has 0 amide bonds. The highest BCUT2D eigenvalue weighted by Crippen LogP contribution is 2.27. The van der Waals surface area contributed by atoms with E-state index in [1.807, 2.05) is 11.8 Å². The summed E-state index contributed by atoms with van der Waals surface area (Å²) in [4.78, 5) is 0. The SMILES string of the molecule is CC(F)CC1CSCCC1O. The Morgan fingerprint density at radius 1 is 1.73 bits per heavy atom. The van der Waals surface area contributed by atoms with Crippen molar-refractivity contribution in [1.29, 1.82) is 0 Å². The Morgan fingerprint density at radius 2 is 2.45 bits per heavy atom. The van der Waals surface area contributed by atoms with Gasteiger partial charge in [-0.15, -0.1) is 0 Å². The largest absolute Gasteiger partial charge is 0.393 e. The molecule has 3 heteroatoms. The highest BCUT2D eigenvalue weighted by Gasteiger charge is 2.24. The molecule has 0 aromatic carbocycles. The van der Waals surface area contributed by atoms with E-state index in [9.17, 15) is 9.50 Å². The summed E-state index contributed by atoms with van der Waals surface area (Å²) >= 11 is 1.82. The van der Waals surface area contributed by atoms with Crippen molar-refractivity contribution in [3.05, 3.63) is 0 Å². The van der Waals surface area contributed by atoms with Gasteiger partial charge in [0.2, 0.25) is 0 Å². The monoisotopic (exact) mass is 178 g/mol. The van der Waals surface area contributed by atoms with Crippen LogP contribution in [0.15, 0.2) is 0 Å². The minimum atomic E-state index is -0.770.